The van der Waals surface area contributed by atoms with Gasteiger partial charge in [0, 0.05) is 43.4 Å². The highest BCUT2D eigenvalue weighted by Crippen LogP contribution is 2.14. The number of hydrogen-bond donors (Lipinski definition) is 2. The quantitative estimate of drug-likeness (QED) is 0.787. The van der Waals surface area contributed by atoms with Gasteiger partial charge < -0.3 is 15.5 Å². The Bertz CT molecular complexity index is 337. The highest BCUT2D eigenvalue weighted by atomic mass is 35.5. The molecule has 0 radical (unpaired) electrons. The number of nitrogens with one attached hydrogen (secondary N) is 2. The molecule has 1 heterocycles. The lowest BCUT2D eigenvalue weighted by molar-refractivity contribution is 0.240. The van der Waals surface area contributed by atoms with Crippen molar-refractivity contribution in [2.75, 3.05) is 44.6 Å². The van der Waals surface area contributed by atoms with E-state index in [4.69, 9.17) is 11.6 Å². The average molecular weight is 254 g/mol. The molecule has 1 aliphatic rings. The molecule has 0 saturated carbocycles. The molecule has 1 saturated heterocycles. The monoisotopic (exact) mass is 253 g/mol. The molecule has 2 rings (SSSR count). The fourth-order valence-electron chi connectivity index (χ4n) is 2.07. The largest absolute Gasteiger partial charge is 0.385 e. The summed E-state index contributed by atoms with van der Waals surface area (Å²) < 4.78 is 0. The second-order valence-electron chi connectivity index (χ2n) is 4.38. The summed E-state index contributed by atoms with van der Waals surface area (Å²) in [5.74, 6) is 0. The van der Waals surface area contributed by atoms with Crippen LogP contribution in [0, 0.1) is 0 Å². The molecule has 0 unspecified atom stereocenters. The Morgan fingerprint density at radius 3 is 2.88 bits per heavy atom. The van der Waals surface area contributed by atoms with Gasteiger partial charge in [0.05, 0.1) is 0 Å². The van der Waals surface area contributed by atoms with E-state index < -0.39 is 0 Å². The van der Waals surface area contributed by atoms with Crippen LogP contribution in [0.25, 0.3) is 0 Å². The van der Waals surface area contributed by atoms with Crippen molar-refractivity contribution >= 4 is 17.3 Å². The molecule has 94 valence electrons. The zero-order valence-electron chi connectivity index (χ0n) is 10.1. The molecular weight excluding hydrogens is 234 g/mol. The van der Waals surface area contributed by atoms with Crippen LogP contribution >= 0.6 is 11.6 Å². The Hall–Kier alpha value is -0.770. The first kappa shape index (κ1) is 12.7. The first-order valence-corrected chi connectivity index (χ1v) is 6.65. The van der Waals surface area contributed by atoms with E-state index in [1.165, 1.54) is 26.1 Å². The molecule has 4 heteroatoms. The van der Waals surface area contributed by atoms with Crippen molar-refractivity contribution in [1.29, 1.82) is 0 Å². The summed E-state index contributed by atoms with van der Waals surface area (Å²) in [4.78, 5) is 2.51. The summed E-state index contributed by atoms with van der Waals surface area (Å²) in [5, 5.41) is 7.55. The normalized spacial score (nSPS) is 17.0. The van der Waals surface area contributed by atoms with Crippen LogP contribution in [-0.4, -0.2) is 44.2 Å². The first-order chi connectivity index (χ1) is 8.34. The maximum Gasteiger partial charge on any atom is 0.0426 e. The molecule has 1 aliphatic heterocycles. The van der Waals surface area contributed by atoms with Gasteiger partial charge in [0.1, 0.15) is 0 Å². The molecule has 1 fully saturated rings. The third-order valence-electron chi connectivity index (χ3n) is 3.01. The van der Waals surface area contributed by atoms with E-state index in [9.17, 15) is 0 Å². The molecule has 1 aromatic rings. The van der Waals surface area contributed by atoms with E-state index in [1.54, 1.807) is 0 Å². The SMILES string of the molecule is Clc1cccc(NCCCN2CCNCC2)c1. The van der Waals surface area contributed by atoms with E-state index in [0.717, 1.165) is 30.3 Å². The fraction of sp³-hybridized carbons (Fsp3) is 0.538. The molecule has 0 atom stereocenters. The van der Waals surface area contributed by atoms with Crippen molar-refractivity contribution in [3.05, 3.63) is 29.3 Å². The lowest BCUT2D eigenvalue weighted by Crippen LogP contribution is -2.44. The second kappa shape index (κ2) is 6.84. The molecule has 0 amide bonds. The topological polar surface area (TPSA) is 27.3 Å². The van der Waals surface area contributed by atoms with Crippen LogP contribution in [-0.2, 0) is 0 Å². The minimum atomic E-state index is 0.789. The van der Waals surface area contributed by atoms with Gasteiger partial charge in [0.2, 0.25) is 0 Å². The maximum absolute atomic E-state index is 5.92. The van der Waals surface area contributed by atoms with E-state index in [2.05, 4.69) is 21.6 Å². The highest BCUT2D eigenvalue weighted by Gasteiger charge is 2.07. The average Bonchev–Trinajstić information content (AvgIpc) is 2.36. The number of benzene rings is 1. The molecule has 1 aromatic carbocycles. The van der Waals surface area contributed by atoms with Crippen molar-refractivity contribution in [1.82, 2.24) is 10.2 Å². The van der Waals surface area contributed by atoms with Gasteiger partial charge in [-0.1, -0.05) is 17.7 Å². The van der Waals surface area contributed by atoms with Crippen LogP contribution in [0.3, 0.4) is 0 Å². The molecule has 2 N–H and O–H groups in total. The van der Waals surface area contributed by atoms with Gasteiger partial charge in [-0.15, -0.1) is 0 Å². The maximum atomic E-state index is 5.92. The summed E-state index contributed by atoms with van der Waals surface area (Å²) in [6.07, 6.45) is 1.17. The fourth-order valence-corrected chi connectivity index (χ4v) is 2.26. The van der Waals surface area contributed by atoms with Gasteiger partial charge in [0.15, 0.2) is 0 Å². The van der Waals surface area contributed by atoms with Crippen LogP contribution in [0.4, 0.5) is 5.69 Å². The van der Waals surface area contributed by atoms with E-state index in [0.29, 0.717) is 0 Å². The minimum Gasteiger partial charge on any atom is -0.385 e. The van der Waals surface area contributed by atoms with Crippen molar-refractivity contribution in [2.24, 2.45) is 0 Å². The van der Waals surface area contributed by atoms with E-state index in [-0.39, 0.29) is 0 Å². The Morgan fingerprint density at radius 1 is 1.29 bits per heavy atom. The molecule has 0 aromatic heterocycles. The first-order valence-electron chi connectivity index (χ1n) is 6.27. The zero-order chi connectivity index (χ0) is 11.9. The summed E-state index contributed by atoms with van der Waals surface area (Å²) in [6.45, 7) is 6.79. The van der Waals surface area contributed by atoms with Crippen LogP contribution in [0.5, 0.6) is 0 Å². The Kier molecular flexibility index (Phi) is 5.10. The van der Waals surface area contributed by atoms with E-state index in [1.807, 2.05) is 18.2 Å². The van der Waals surface area contributed by atoms with Crippen molar-refractivity contribution < 1.29 is 0 Å². The predicted molar refractivity (Wildman–Crippen MR) is 73.9 cm³/mol. The Morgan fingerprint density at radius 2 is 2.12 bits per heavy atom. The molecule has 17 heavy (non-hydrogen) atoms. The third-order valence-corrected chi connectivity index (χ3v) is 3.25. The summed E-state index contributed by atoms with van der Waals surface area (Å²) in [7, 11) is 0. The molecule has 3 nitrogen and oxygen atoms in total. The van der Waals surface area contributed by atoms with E-state index >= 15 is 0 Å². The lowest BCUT2D eigenvalue weighted by atomic mass is 10.3. The number of anilines is 1. The van der Waals surface area contributed by atoms with Crippen molar-refractivity contribution in [2.45, 2.75) is 6.42 Å². The smallest absolute Gasteiger partial charge is 0.0426 e. The molecule has 0 bridgehead atoms. The predicted octanol–water partition coefficient (Wildman–Crippen LogP) is 2.05. The number of nitrogens with zero attached hydrogens (tertiary/aromatic N) is 1. The van der Waals surface area contributed by atoms with Crippen LogP contribution in [0.15, 0.2) is 24.3 Å². The van der Waals surface area contributed by atoms with Crippen molar-refractivity contribution in [3.8, 4) is 0 Å². The summed E-state index contributed by atoms with van der Waals surface area (Å²) in [5.41, 5.74) is 1.11. The van der Waals surface area contributed by atoms with Crippen LogP contribution in [0.2, 0.25) is 5.02 Å². The van der Waals surface area contributed by atoms with Gasteiger partial charge in [-0.2, -0.15) is 0 Å². The molecular formula is C13H20ClN3. The lowest BCUT2D eigenvalue weighted by Gasteiger charge is -2.27. The number of hydrogen-bond acceptors (Lipinski definition) is 3. The molecule has 0 aliphatic carbocycles. The highest BCUT2D eigenvalue weighted by molar-refractivity contribution is 6.30. The van der Waals surface area contributed by atoms with Gasteiger partial charge in [-0.3, -0.25) is 0 Å². The number of rotatable bonds is 5. The van der Waals surface area contributed by atoms with Crippen LogP contribution < -0.4 is 10.6 Å². The summed E-state index contributed by atoms with van der Waals surface area (Å²) >= 11 is 5.92. The van der Waals surface area contributed by atoms with Gasteiger partial charge in [0.25, 0.3) is 0 Å². The number of halogens is 1. The molecule has 0 spiro atoms. The van der Waals surface area contributed by atoms with Gasteiger partial charge in [-0.25, -0.2) is 0 Å². The van der Waals surface area contributed by atoms with Gasteiger partial charge >= 0.3 is 0 Å². The minimum absolute atomic E-state index is 0.789. The van der Waals surface area contributed by atoms with Crippen LogP contribution in [0.1, 0.15) is 6.42 Å². The zero-order valence-corrected chi connectivity index (χ0v) is 10.8. The Balaban J connectivity index is 1.62. The second-order valence-corrected chi connectivity index (χ2v) is 4.82. The number of piperazine rings is 1. The summed E-state index contributed by atoms with van der Waals surface area (Å²) in [6, 6.07) is 7.89. The third kappa shape index (κ3) is 4.54. The standard InChI is InChI=1S/C13H20ClN3/c14-12-3-1-4-13(11-12)16-5-2-8-17-9-6-15-7-10-17/h1,3-4,11,15-16H,2,5-10H2. The Labute approximate surface area is 108 Å². The van der Waals surface area contributed by atoms with Gasteiger partial charge in [-0.05, 0) is 31.2 Å². The van der Waals surface area contributed by atoms with Crippen molar-refractivity contribution in [3.63, 3.8) is 0 Å².